The van der Waals surface area contributed by atoms with Gasteiger partial charge < -0.3 is 0 Å². The van der Waals surface area contributed by atoms with Crippen LogP contribution in [0.5, 0.6) is 0 Å². The summed E-state index contributed by atoms with van der Waals surface area (Å²) in [5.41, 5.74) is 1.12. The van der Waals surface area contributed by atoms with E-state index in [9.17, 15) is 4.79 Å². The Morgan fingerprint density at radius 3 is 2.43 bits per heavy atom. The molecule has 8 atom stereocenters. The average Bonchev–Trinajstić information content (AvgIpc) is 3.60. The molecule has 1 spiro atoms. The maximum absolute atomic E-state index is 12.3. The second-order valence-electron chi connectivity index (χ2n) is 11.7. The monoisotopic (exact) mass is 478 g/mol. The lowest BCUT2D eigenvalue weighted by Gasteiger charge is -2.64. The van der Waals surface area contributed by atoms with Crippen molar-refractivity contribution >= 4 is 5.78 Å². The maximum Gasteiger partial charge on any atom is 0.158 e. The van der Waals surface area contributed by atoms with Crippen molar-refractivity contribution in [2.75, 3.05) is 0 Å². The van der Waals surface area contributed by atoms with Crippen molar-refractivity contribution in [1.29, 1.82) is 0 Å². The number of unbranched alkanes of at least 4 members (excludes halogenated alkanes) is 1. The molecule has 1 nitrogen and oxygen atoms in total. The van der Waals surface area contributed by atoms with Gasteiger partial charge in [0.2, 0.25) is 0 Å². The number of carbonyl (C=O) groups is 1. The van der Waals surface area contributed by atoms with Crippen LogP contribution in [0.15, 0.2) is 37.0 Å². The molecule has 3 fully saturated rings. The van der Waals surface area contributed by atoms with E-state index in [0.29, 0.717) is 22.5 Å². The van der Waals surface area contributed by atoms with Crippen LogP contribution in [0.2, 0.25) is 0 Å². The maximum atomic E-state index is 12.3. The minimum Gasteiger partial charge on any atom is -0.295 e. The first-order chi connectivity index (χ1) is 16.8. The predicted octanol–water partition coefficient (Wildman–Crippen LogP) is 9.59. The topological polar surface area (TPSA) is 17.1 Å². The molecular weight excluding hydrogens is 424 g/mol. The highest BCUT2D eigenvalue weighted by atomic mass is 16.1. The van der Waals surface area contributed by atoms with Crippen LogP contribution in [0.25, 0.3) is 0 Å². The zero-order valence-electron chi connectivity index (χ0n) is 24.3. The highest BCUT2D eigenvalue weighted by molar-refractivity contribution is 5.93. The molecule has 4 rings (SSSR count). The van der Waals surface area contributed by atoms with E-state index < -0.39 is 0 Å². The largest absolute Gasteiger partial charge is 0.295 e. The molecule has 35 heavy (non-hydrogen) atoms. The molecule has 3 saturated carbocycles. The normalized spacial score (nSPS) is 40.8. The Balaban J connectivity index is 0.000000371. The minimum absolute atomic E-state index is 0.207. The molecule has 0 heterocycles. The van der Waals surface area contributed by atoms with Gasteiger partial charge >= 0.3 is 0 Å². The van der Waals surface area contributed by atoms with Crippen LogP contribution in [-0.4, -0.2) is 5.78 Å². The summed E-state index contributed by atoms with van der Waals surface area (Å²) in [5.74, 6) is 9.35. The second kappa shape index (κ2) is 12.6. The Kier molecular flexibility index (Phi) is 10.7. The summed E-state index contributed by atoms with van der Waals surface area (Å²) in [6, 6.07) is 0. The van der Waals surface area contributed by atoms with E-state index in [1.165, 1.54) is 44.9 Å². The molecule has 4 aliphatic rings. The summed E-state index contributed by atoms with van der Waals surface area (Å²) >= 11 is 0. The third-order valence-electron chi connectivity index (χ3n) is 10.3. The highest BCUT2D eigenvalue weighted by Crippen LogP contribution is 2.79. The molecule has 0 aromatic carbocycles. The Morgan fingerprint density at radius 1 is 1.14 bits per heavy atom. The number of hydrogen-bond acceptors (Lipinski definition) is 1. The Hall–Kier alpha value is -1.55. The van der Waals surface area contributed by atoms with E-state index >= 15 is 0 Å². The lowest BCUT2D eigenvalue weighted by molar-refractivity contribution is -0.150. The number of carbonyl (C=O) groups excluding carboxylic acids is 1. The van der Waals surface area contributed by atoms with Gasteiger partial charge in [-0.1, -0.05) is 91.4 Å². The number of hydrogen-bond donors (Lipinski definition) is 0. The standard InChI is InChI=1S/C24H36O.C8H12.C2H6/c1-6-8-18-9-10-21-22(4)13-12-20(25)16(3)19(22)11-14-23(21,5)24(18)15-17(24)7-2;1-3-5-7-8-6-4-2;1-2/h7,12-13,16-19,21H,2,6,8-11,14-15H2,1,3-5H3;3,5H,4,6H2,1-2H3;1-2H3/b;5-3-;. The SMILES string of the molecule is C/C=C\C#CCCC.C=CC1CC12C(CCC)CCC1C3(C)C=CC(=O)C(C)C3CCC12C.CC. The average molecular weight is 479 g/mol. The third kappa shape index (κ3) is 5.29. The molecular formula is C34H54O. The van der Waals surface area contributed by atoms with Crippen molar-refractivity contribution in [3.05, 3.63) is 37.0 Å². The van der Waals surface area contributed by atoms with Crippen molar-refractivity contribution in [2.24, 2.45) is 45.8 Å². The summed E-state index contributed by atoms with van der Waals surface area (Å²) < 4.78 is 0. The molecule has 0 aliphatic heterocycles. The summed E-state index contributed by atoms with van der Waals surface area (Å²) in [6.45, 7) is 21.9. The van der Waals surface area contributed by atoms with Crippen LogP contribution in [-0.2, 0) is 4.79 Å². The van der Waals surface area contributed by atoms with Crippen LogP contribution in [0, 0.1) is 57.7 Å². The first kappa shape index (κ1) is 29.7. The van der Waals surface area contributed by atoms with Gasteiger partial charge in [-0.15, -0.1) is 6.58 Å². The fraction of sp³-hybridized carbons (Fsp3) is 0.735. The van der Waals surface area contributed by atoms with Crippen molar-refractivity contribution in [2.45, 2.75) is 113 Å². The molecule has 0 N–H and O–H groups in total. The van der Waals surface area contributed by atoms with Gasteiger partial charge in [-0.3, -0.25) is 4.79 Å². The Labute approximate surface area is 218 Å². The second-order valence-corrected chi connectivity index (χ2v) is 11.7. The third-order valence-corrected chi connectivity index (χ3v) is 10.3. The van der Waals surface area contributed by atoms with E-state index in [1.807, 2.05) is 39.0 Å². The van der Waals surface area contributed by atoms with Gasteiger partial charge in [0.05, 0.1) is 0 Å². The van der Waals surface area contributed by atoms with Gasteiger partial charge in [-0.2, -0.15) is 0 Å². The smallest absolute Gasteiger partial charge is 0.158 e. The van der Waals surface area contributed by atoms with Crippen LogP contribution in [0.4, 0.5) is 0 Å². The van der Waals surface area contributed by atoms with Gasteiger partial charge in [0.1, 0.15) is 0 Å². The lowest BCUT2D eigenvalue weighted by Crippen LogP contribution is -2.58. The van der Waals surface area contributed by atoms with E-state index in [-0.39, 0.29) is 11.3 Å². The first-order valence-corrected chi connectivity index (χ1v) is 14.7. The van der Waals surface area contributed by atoms with E-state index in [2.05, 4.69) is 65.2 Å². The molecule has 0 saturated heterocycles. The van der Waals surface area contributed by atoms with E-state index in [0.717, 1.165) is 30.6 Å². The van der Waals surface area contributed by atoms with Crippen molar-refractivity contribution in [3.63, 3.8) is 0 Å². The quantitative estimate of drug-likeness (QED) is 0.290. The summed E-state index contributed by atoms with van der Waals surface area (Å²) in [7, 11) is 0. The summed E-state index contributed by atoms with van der Waals surface area (Å²) in [4.78, 5) is 12.3. The van der Waals surface area contributed by atoms with Crippen LogP contribution >= 0.6 is 0 Å². The Morgan fingerprint density at radius 2 is 1.86 bits per heavy atom. The molecule has 0 aromatic rings. The van der Waals surface area contributed by atoms with Gasteiger partial charge in [0, 0.05) is 12.3 Å². The number of rotatable bonds is 4. The fourth-order valence-electron chi connectivity index (χ4n) is 8.62. The minimum atomic E-state index is 0.207. The van der Waals surface area contributed by atoms with Crippen LogP contribution < -0.4 is 0 Å². The number of ketones is 1. The number of fused-ring (bicyclic) bond motifs is 4. The van der Waals surface area contributed by atoms with Crippen LogP contribution in [0.3, 0.4) is 0 Å². The molecule has 0 bridgehead atoms. The summed E-state index contributed by atoms with van der Waals surface area (Å²) in [5, 5.41) is 0. The molecule has 0 radical (unpaired) electrons. The zero-order chi connectivity index (χ0) is 26.3. The molecule has 1 heteroatoms. The number of allylic oxidation sites excluding steroid dienone is 5. The summed E-state index contributed by atoms with van der Waals surface area (Å²) in [6.07, 6.45) is 21.9. The van der Waals surface area contributed by atoms with Gasteiger partial charge in [0.15, 0.2) is 5.78 Å². The molecule has 196 valence electrons. The van der Waals surface area contributed by atoms with E-state index in [4.69, 9.17) is 0 Å². The molecule has 0 aromatic heterocycles. The van der Waals surface area contributed by atoms with Crippen molar-refractivity contribution in [1.82, 2.24) is 0 Å². The highest BCUT2D eigenvalue weighted by Gasteiger charge is 2.73. The molecule has 8 unspecified atom stereocenters. The van der Waals surface area contributed by atoms with E-state index in [1.54, 1.807) is 0 Å². The molecule has 4 aliphatic carbocycles. The lowest BCUT2D eigenvalue weighted by atomic mass is 9.40. The zero-order valence-corrected chi connectivity index (χ0v) is 24.3. The van der Waals surface area contributed by atoms with Crippen LogP contribution in [0.1, 0.15) is 113 Å². The fourth-order valence-corrected chi connectivity index (χ4v) is 8.62. The Bertz CT molecular complexity index is 836. The van der Waals surface area contributed by atoms with Gasteiger partial charge in [-0.25, -0.2) is 0 Å². The predicted molar refractivity (Wildman–Crippen MR) is 153 cm³/mol. The van der Waals surface area contributed by atoms with Gasteiger partial charge in [-0.05, 0) is 97.5 Å². The van der Waals surface area contributed by atoms with Crippen molar-refractivity contribution < 1.29 is 4.79 Å². The first-order valence-electron chi connectivity index (χ1n) is 14.7. The molecule has 0 amide bonds. The van der Waals surface area contributed by atoms with Gasteiger partial charge in [0.25, 0.3) is 0 Å². The van der Waals surface area contributed by atoms with Crippen molar-refractivity contribution in [3.8, 4) is 11.8 Å².